The predicted molar refractivity (Wildman–Crippen MR) is 109 cm³/mol. The molecule has 0 spiro atoms. The lowest BCUT2D eigenvalue weighted by atomic mass is 10.0. The molecule has 2 atom stereocenters. The van der Waals surface area contributed by atoms with Crippen LogP contribution in [0.15, 0.2) is 65.3 Å². The van der Waals surface area contributed by atoms with Crippen LogP contribution in [-0.2, 0) is 4.79 Å². The van der Waals surface area contributed by atoms with Gasteiger partial charge in [0.25, 0.3) is 0 Å². The Balaban J connectivity index is 1.78. The summed E-state index contributed by atoms with van der Waals surface area (Å²) in [5, 5.41) is 6.48. The minimum atomic E-state index is -0.402. The third-order valence-electron chi connectivity index (χ3n) is 4.70. The van der Waals surface area contributed by atoms with E-state index in [1.165, 1.54) is 5.56 Å². The molecule has 2 aromatic carbocycles. The second-order valence-corrected chi connectivity index (χ2v) is 7.01. The summed E-state index contributed by atoms with van der Waals surface area (Å²) in [5.41, 5.74) is 5.26. The van der Waals surface area contributed by atoms with Crippen molar-refractivity contribution in [2.24, 2.45) is 0 Å². The van der Waals surface area contributed by atoms with Crippen LogP contribution in [0.5, 0.6) is 0 Å². The molecule has 1 heterocycles. The minimum Gasteiger partial charge on any atom is -0.467 e. The van der Waals surface area contributed by atoms with E-state index in [0.717, 1.165) is 28.1 Å². The Hall–Kier alpha value is -2.85. The van der Waals surface area contributed by atoms with E-state index in [2.05, 4.69) is 29.7 Å². The van der Waals surface area contributed by atoms with Crippen LogP contribution < -0.4 is 10.6 Å². The Morgan fingerprint density at radius 1 is 0.963 bits per heavy atom. The highest BCUT2D eigenvalue weighted by Crippen LogP contribution is 2.24. The first-order valence-corrected chi connectivity index (χ1v) is 9.19. The fourth-order valence-electron chi connectivity index (χ4n) is 3.38. The van der Waals surface area contributed by atoms with E-state index in [-0.39, 0.29) is 11.9 Å². The second kappa shape index (κ2) is 8.23. The topological polar surface area (TPSA) is 54.3 Å². The van der Waals surface area contributed by atoms with Gasteiger partial charge in [0.05, 0.1) is 18.3 Å². The van der Waals surface area contributed by atoms with Crippen molar-refractivity contribution >= 4 is 11.6 Å². The van der Waals surface area contributed by atoms with Crippen molar-refractivity contribution in [3.05, 3.63) is 88.9 Å². The van der Waals surface area contributed by atoms with Gasteiger partial charge in [0.2, 0.25) is 5.91 Å². The van der Waals surface area contributed by atoms with Crippen molar-refractivity contribution in [3.8, 4) is 0 Å². The van der Waals surface area contributed by atoms with Gasteiger partial charge in [-0.1, -0.05) is 48.0 Å². The van der Waals surface area contributed by atoms with Gasteiger partial charge < -0.3 is 9.73 Å². The maximum Gasteiger partial charge on any atom is 0.241 e. The highest BCUT2D eigenvalue weighted by atomic mass is 16.3. The molecular formula is C23H26N2O2. The van der Waals surface area contributed by atoms with Crippen LogP contribution >= 0.6 is 0 Å². The third kappa shape index (κ3) is 4.47. The molecule has 3 rings (SSSR count). The number of hydrogen-bond donors (Lipinski definition) is 2. The van der Waals surface area contributed by atoms with E-state index in [4.69, 9.17) is 4.42 Å². The molecule has 1 aromatic heterocycles. The van der Waals surface area contributed by atoms with Crippen molar-refractivity contribution in [2.45, 2.75) is 39.8 Å². The number of carbonyl (C=O) groups is 1. The monoisotopic (exact) mass is 362 g/mol. The van der Waals surface area contributed by atoms with E-state index in [1.54, 1.807) is 6.26 Å². The summed E-state index contributed by atoms with van der Waals surface area (Å²) in [4.78, 5) is 12.8. The van der Waals surface area contributed by atoms with E-state index < -0.39 is 6.04 Å². The number of furan rings is 1. The average Bonchev–Trinajstić information content (AvgIpc) is 3.17. The summed E-state index contributed by atoms with van der Waals surface area (Å²) in [5.74, 6) is 0.709. The molecule has 4 nitrogen and oxygen atoms in total. The minimum absolute atomic E-state index is 0.0717. The molecular weight excluding hydrogens is 336 g/mol. The zero-order valence-electron chi connectivity index (χ0n) is 16.2. The van der Waals surface area contributed by atoms with Crippen molar-refractivity contribution in [1.82, 2.24) is 5.32 Å². The van der Waals surface area contributed by atoms with Crippen LogP contribution in [0.1, 0.15) is 41.0 Å². The Bertz CT molecular complexity index is 878. The molecule has 27 heavy (non-hydrogen) atoms. The smallest absolute Gasteiger partial charge is 0.241 e. The molecule has 0 aliphatic carbocycles. The van der Waals surface area contributed by atoms with Gasteiger partial charge in [-0.15, -0.1) is 0 Å². The van der Waals surface area contributed by atoms with E-state index in [1.807, 2.05) is 63.2 Å². The standard InChI is InChI=1S/C23H26N2O2/c1-15-13-16(2)21(17(3)14-15)25-23(26)18(4)24-22(20-11-8-12-27-20)19-9-6-5-7-10-19/h5-14,18,22,24H,1-4H3,(H,25,26)/t18-,22-/m0/s1. The molecule has 1 amide bonds. The van der Waals surface area contributed by atoms with E-state index >= 15 is 0 Å². The van der Waals surface area contributed by atoms with Crippen LogP contribution in [0.4, 0.5) is 5.69 Å². The number of carbonyl (C=O) groups excluding carboxylic acids is 1. The summed E-state index contributed by atoms with van der Waals surface area (Å²) < 4.78 is 5.61. The van der Waals surface area contributed by atoms with Gasteiger partial charge >= 0.3 is 0 Å². The van der Waals surface area contributed by atoms with Crippen LogP contribution in [-0.4, -0.2) is 11.9 Å². The fraction of sp³-hybridized carbons (Fsp3) is 0.261. The molecule has 0 bridgehead atoms. The van der Waals surface area contributed by atoms with Crippen LogP contribution in [0.3, 0.4) is 0 Å². The summed E-state index contributed by atoms with van der Waals surface area (Å²) in [6.45, 7) is 7.96. The number of rotatable bonds is 6. The number of anilines is 1. The molecule has 0 aliphatic heterocycles. The predicted octanol–water partition coefficient (Wildman–Crippen LogP) is 4.91. The molecule has 3 aromatic rings. The highest BCUT2D eigenvalue weighted by molar-refractivity contribution is 5.96. The molecule has 0 fully saturated rings. The molecule has 0 saturated heterocycles. The first-order chi connectivity index (χ1) is 13.0. The van der Waals surface area contributed by atoms with Crippen LogP contribution in [0, 0.1) is 20.8 Å². The van der Waals surface area contributed by atoms with Crippen LogP contribution in [0.25, 0.3) is 0 Å². The van der Waals surface area contributed by atoms with Gasteiger partial charge in [0.15, 0.2) is 0 Å². The second-order valence-electron chi connectivity index (χ2n) is 7.01. The number of amides is 1. The molecule has 0 radical (unpaired) electrons. The fourth-order valence-corrected chi connectivity index (χ4v) is 3.38. The van der Waals surface area contributed by atoms with E-state index in [9.17, 15) is 4.79 Å². The number of benzene rings is 2. The lowest BCUT2D eigenvalue weighted by Crippen LogP contribution is -2.40. The summed E-state index contributed by atoms with van der Waals surface area (Å²) in [6, 6.07) is 17.3. The van der Waals surface area contributed by atoms with Crippen molar-refractivity contribution < 1.29 is 9.21 Å². The molecule has 0 saturated carbocycles. The number of hydrogen-bond acceptors (Lipinski definition) is 3. The van der Waals surface area contributed by atoms with Gasteiger partial charge in [-0.3, -0.25) is 10.1 Å². The van der Waals surface area contributed by atoms with Gasteiger partial charge in [-0.25, -0.2) is 0 Å². The summed E-state index contributed by atoms with van der Waals surface area (Å²) in [6.07, 6.45) is 1.65. The van der Waals surface area contributed by atoms with Gasteiger partial charge in [-0.05, 0) is 56.5 Å². The lowest BCUT2D eigenvalue weighted by Gasteiger charge is -2.23. The molecule has 4 heteroatoms. The molecule has 0 aliphatic rings. The Morgan fingerprint density at radius 2 is 1.63 bits per heavy atom. The van der Waals surface area contributed by atoms with Crippen molar-refractivity contribution in [1.29, 1.82) is 0 Å². The lowest BCUT2D eigenvalue weighted by molar-refractivity contribution is -0.117. The Morgan fingerprint density at radius 3 is 2.22 bits per heavy atom. The summed E-state index contributed by atoms with van der Waals surface area (Å²) >= 11 is 0. The Kier molecular flexibility index (Phi) is 5.77. The largest absolute Gasteiger partial charge is 0.467 e. The van der Waals surface area contributed by atoms with Gasteiger partial charge in [0, 0.05) is 5.69 Å². The van der Waals surface area contributed by atoms with Crippen molar-refractivity contribution in [3.63, 3.8) is 0 Å². The average molecular weight is 362 g/mol. The number of nitrogens with one attached hydrogen (secondary N) is 2. The Labute approximate surface area is 160 Å². The quantitative estimate of drug-likeness (QED) is 0.655. The maximum absolute atomic E-state index is 12.8. The maximum atomic E-state index is 12.8. The zero-order chi connectivity index (χ0) is 19.4. The summed E-state index contributed by atoms with van der Waals surface area (Å²) in [7, 11) is 0. The normalized spacial score (nSPS) is 13.2. The van der Waals surface area contributed by atoms with Gasteiger partial charge in [-0.2, -0.15) is 0 Å². The van der Waals surface area contributed by atoms with E-state index in [0.29, 0.717) is 0 Å². The molecule has 140 valence electrons. The number of aryl methyl sites for hydroxylation is 3. The van der Waals surface area contributed by atoms with Gasteiger partial charge in [0.1, 0.15) is 5.76 Å². The van der Waals surface area contributed by atoms with Crippen LogP contribution in [0.2, 0.25) is 0 Å². The zero-order valence-corrected chi connectivity index (χ0v) is 16.2. The SMILES string of the molecule is Cc1cc(C)c(NC(=O)[C@H](C)N[C@@H](c2ccccc2)c2ccco2)c(C)c1. The first-order valence-electron chi connectivity index (χ1n) is 9.19. The first kappa shape index (κ1) is 18.9. The van der Waals surface area contributed by atoms with Crippen molar-refractivity contribution in [2.75, 3.05) is 5.32 Å². The molecule has 2 N–H and O–H groups in total. The highest BCUT2D eigenvalue weighted by Gasteiger charge is 2.23. The third-order valence-corrected chi connectivity index (χ3v) is 4.70. The molecule has 0 unspecified atom stereocenters.